The van der Waals surface area contributed by atoms with Crippen LogP contribution in [0.15, 0.2) is 72.6 Å². The maximum absolute atomic E-state index is 13.2. The topological polar surface area (TPSA) is 82.1 Å². The van der Waals surface area contributed by atoms with Gasteiger partial charge in [0.25, 0.3) is 8.32 Å². The lowest BCUT2D eigenvalue weighted by Crippen LogP contribution is -2.67. The average Bonchev–Trinajstić information content (AvgIpc) is 2.89. The highest BCUT2D eigenvalue weighted by atomic mass is 32.2. The van der Waals surface area contributed by atoms with E-state index in [0.29, 0.717) is 6.42 Å². The molecule has 0 radical (unpaired) electrons. The van der Waals surface area contributed by atoms with E-state index in [9.17, 15) is 26.4 Å². The Balaban J connectivity index is 2.13. The summed E-state index contributed by atoms with van der Waals surface area (Å²) in [6.45, 7) is 8.09. The van der Waals surface area contributed by atoms with Crippen molar-refractivity contribution in [2.75, 3.05) is 13.7 Å². The first-order chi connectivity index (χ1) is 18.7. The lowest BCUT2D eigenvalue weighted by Gasteiger charge is -2.46. The summed E-state index contributed by atoms with van der Waals surface area (Å²) in [6, 6.07) is 18.6. The Labute approximate surface area is 235 Å². The lowest BCUT2D eigenvalue weighted by atomic mass is 9.88. The molecule has 7 nitrogen and oxygen atoms in total. The Morgan fingerprint density at radius 3 is 1.95 bits per heavy atom. The molecular weight excluding hydrogens is 563 g/mol. The number of alkyl halides is 3. The molecule has 0 saturated carbocycles. The molecule has 0 spiro atoms. The number of benzene rings is 2. The number of methoxy groups -OCH3 is 1. The van der Waals surface area contributed by atoms with Crippen molar-refractivity contribution in [1.82, 2.24) is 4.90 Å². The van der Waals surface area contributed by atoms with Gasteiger partial charge in [-0.15, -0.1) is 0 Å². The highest BCUT2D eigenvalue weighted by Gasteiger charge is 2.53. The average molecular weight is 600 g/mol. The van der Waals surface area contributed by atoms with E-state index in [4.69, 9.17) is 9.16 Å². The standard InChI is InChI=1S/C28H36F3NO6SSi/c1-6-13-21-18-19-25(38-39(34,35)28(29,30)31)32(26(33)36-5)24(21)20-37-40(27(2,3)4,22-14-9-7-10-15-22)23-16-11-8-12-17-23/h7-12,14-17,19,21,24H,6,13,18,20H2,1-5H3/t21-,24-/m1/s1. The van der Waals surface area contributed by atoms with Gasteiger partial charge >= 0.3 is 21.7 Å². The van der Waals surface area contributed by atoms with Crippen molar-refractivity contribution < 1.29 is 39.7 Å². The van der Waals surface area contributed by atoms with Crippen LogP contribution in [-0.4, -0.2) is 53.0 Å². The molecule has 0 saturated heterocycles. The number of rotatable bonds is 9. The number of carbonyl (C=O) groups excluding carboxylic acids is 1. The van der Waals surface area contributed by atoms with Crippen LogP contribution in [0.4, 0.5) is 18.0 Å². The van der Waals surface area contributed by atoms with Crippen molar-refractivity contribution in [1.29, 1.82) is 0 Å². The molecule has 1 aliphatic heterocycles. The summed E-state index contributed by atoms with van der Waals surface area (Å²) in [6.07, 6.45) is 1.68. The largest absolute Gasteiger partial charge is 0.534 e. The van der Waals surface area contributed by atoms with Gasteiger partial charge in [0, 0.05) is 0 Å². The highest BCUT2D eigenvalue weighted by molar-refractivity contribution is 7.87. The van der Waals surface area contributed by atoms with Gasteiger partial charge in [0.2, 0.25) is 5.88 Å². The zero-order valence-corrected chi connectivity index (χ0v) is 25.1. The van der Waals surface area contributed by atoms with E-state index in [1.54, 1.807) is 0 Å². The Morgan fingerprint density at radius 2 is 1.52 bits per heavy atom. The monoisotopic (exact) mass is 599 g/mol. The van der Waals surface area contributed by atoms with Crippen LogP contribution in [0.5, 0.6) is 0 Å². The van der Waals surface area contributed by atoms with E-state index in [-0.39, 0.29) is 18.9 Å². The summed E-state index contributed by atoms with van der Waals surface area (Å²) in [4.78, 5) is 13.8. The van der Waals surface area contributed by atoms with Gasteiger partial charge < -0.3 is 13.3 Å². The summed E-state index contributed by atoms with van der Waals surface area (Å²) in [5.74, 6) is -0.990. The van der Waals surface area contributed by atoms with Crippen molar-refractivity contribution >= 4 is 34.9 Å². The minimum atomic E-state index is -6.03. The van der Waals surface area contributed by atoms with Crippen molar-refractivity contribution in [2.24, 2.45) is 5.92 Å². The number of hydrogen-bond donors (Lipinski definition) is 0. The number of hydrogen-bond acceptors (Lipinski definition) is 6. The Bertz CT molecular complexity index is 1240. The number of halogens is 3. The maximum atomic E-state index is 13.2. The van der Waals surface area contributed by atoms with Crippen LogP contribution in [0.25, 0.3) is 0 Å². The summed E-state index contributed by atoms with van der Waals surface area (Å²) in [5.41, 5.74) is -5.67. The third-order valence-electron chi connectivity index (χ3n) is 7.11. The Hall–Kier alpha value is -2.83. The minimum absolute atomic E-state index is 0.0835. The normalized spacial score (nSPS) is 18.7. The second kappa shape index (κ2) is 12.4. The molecule has 2 aromatic rings. The van der Waals surface area contributed by atoms with Crippen molar-refractivity contribution in [3.05, 3.63) is 72.6 Å². The van der Waals surface area contributed by atoms with E-state index in [0.717, 1.165) is 28.8 Å². The molecule has 220 valence electrons. The van der Waals surface area contributed by atoms with Crippen LogP contribution in [0, 0.1) is 5.92 Å². The Kier molecular flexibility index (Phi) is 9.79. The molecule has 1 aliphatic rings. The van der Waals surface area contributed by atoms with Crippen LogP contribution >= 0.6 is 0 Å². The fourth-order valence-corrected chi connectivity index (χ4v) is 10.3. The first-order valence-corrected chi connectivity index (χ1v) is 16.3. The number of ether oxygens (including phenoxy) is 1. The predicted molar refractivity (Wildman–Crippen MR) is 149 cm³/mol. The zero-order chi connectivity index (χ0) is 29.8. The second-order valence-corrected chi connectivity index (χ2v) is 16.5. The van der Waals surface area contributed by atoms with Gasteiger partial charge in [-0.1, -0.05) is 94.8 Å². The number of amides is 1. The molecule has 0 unspecified atom stereocenters. The van der Waals surface area contributed by atoms with Crippen LogP contribution in [-0.2, 0) is 23.5 Å². The van der Waals surface area contributed by atoms with E-state index in [1.165, 1.54) is 6.08 Å². The van der Waals surface area contributed by atoms with Crippen LogP contribution in [0.3, 0.4) is 0 Å². The fourth-order valence-electron chi connectivity index (χ4n) is 5.30. The van der Waals surface area contributed by atoms with Crippen LogP contribution in [0.1, 0.15) is 47.0 Å². The van der Waals surface area contributed by atoms with Gasteiger partial charge in [-0.25, -0.2) is 9.69 Å². The van der Waals surface area contributed by atoms with E-state index in [1.807, 2.05) is 67.6 Å². The molecule has 3 rings (SSSR count). The summed E-state index contributed by atoms with van der Waals surface area (Å²) >= 11 is 0. The molecule has 0 aromatic heterocycles. The molecule has 0 aliphatic carbocycles. The molecule has 1 amide bonds. The first-order valence-electron chi connectivity index (χ1n) is 13.0. The third kappa shape index (κ3) is 6.39. The number of allylic oxidation sites excluding steroid dienone is 1. The summed E-state index contributed by atoms with van der Waals surface area (Å²) < 4.78 is 79.8. The summed E-state index contributed by atoms with van der Waals surface area (Å²) in [5, 5.41) is 1.55. The van der Waals surface area contributed by atoms with Crippen LogP contribution < -0.4 is 10.4 Å². The smallest absolute Gasteiger partial charge is 0.452 e. The second-order valence-electron chi connectivity index (χ2n) is 10.7. The lowest BCUT2D eigenvalue weighted by molar-refractivity contribution is -0.0550. The fraction of sp³-hybridized carbons (Fsp3) is 0.464. The molecule has 2 atom stereocenters. The van der Waals surface area contributed by atoms with E-state index < -0.39 is 47.0 Å². The molecular formula is C28H36F3NO6SSi. The van der Waals surface area contributed by atoms with Gasteiger partial charge in [-0.2, -0.15) is 21.6 Å². The van der Waals surface area contributed by atoms with E-state index in [2.05, 4.69) is 25.0 Å². The van der Waals surface area contributed by atoms with E-state index >= 15 is 0 Å². The number of carbonyl (C=O) groups is 1. The minimum Gasteiger partial charge on any atom is -0.452 e. The van der Waals surface area contributed by atoms with Gasteiger partial charge in [0.15, 0.2) is 0 Å². The van der Waals surface area contributed by atoms with Gasteiger partial charge in [0.05, 0.1) is 19.8 Å². The zero-order valence-electron chi connectivity index (χ0n) is 23.3. The Morgan fingerprint density at radius 1 is 1.00 bits per heavy atom. The molecule has 2 aromatic carbocycles. The summed E-state index contributed by atoms with van der Waals surface area (Å²) in [7, 11) is -8.05. The van der Waals surface area contributed by atoms with Crippen molar-refractivity contribution in [3.8, 4) is 0 Å². The molecule has 1 heterocycles. The van der Waals surface area contributed by atoms with Gasteiger partial charge in [0.1, 0.15) is 0 Å². The van der Waals surface area contributed by atoms with Crippen LogP contribution in [0.2, 0.25) is 5.04 Å². The quantitative estimate of drug-likeness (QED) is 0.214. The highest BCUT2D eigenvalue weighted by Crippen LogP contribution is 2.39. The molecule has 40 heavy (non-hydrogen) atoms. The predicted octanol–water partition coefficient (Wildman–Crippen LogP) is 5.53. The van der Waals surface area contributed by atoms with Crippen molar-refractivity contribution in [2.45, 2.75) is 63.5 Å². The number of nitrogens with zero attached hydrogens (tertiary/aromatic N) is 1. The SMILES string of the molecule is CCC[C@@H]1CC=C(OS(=O)(=O)C(F)(F)F)N(C(=O)OC)[C@@H]1CO[Si](c1ccccc1)(c1ccccc1)C(C)(C)C. The molecule has 0 N–H and O–H groups in total. The molecule has 12 heteroatoms. The molecule has 0 fully saturated rings. The van der Waals surface area contributed by atoms with Crippen molar-refractivity contribution in [3.63, 3.8) is 0 Å². The van der Waals surface area contributed by atoms with Gasteiger partial charge in [-0.3, -0.25) is 0 Å². The third-order valence-corrected chi connectivity index (χ3v) is 13.1. The molecule has 0 bridgehead atoms. The van der Waals surface area contributed by atoms with Gasteiger partial charge in [-0.05, 0) is 40.2 Å². The maximum Gasteiger partial charge on any atom is 0.534 e. The first kappa shape index (κ1) is 31.7.